The van der Waals surface area contributed by atoms with Crippen molar-refractivity contribution in [2.24, 2.45) is 0 Å². The number of nitrogens with zero attached hydrogens (tertiary/aromatic N) is 2. The second kappa shape index (κ2) is 8.20. The van der Waals surface area contributed by atoms with Gasteiger partial charge in [0.2, 0.25) is 5.91 Å². The van der Waals surface area contributed by atoms with Crippen LogP contribution in [-0.2, 0) is 9.59 Å². The number of aryl methyl sites for hydroxylation is 2. The maximum atomic E-state index is 12.9. The van der Waals surface area contributed by atoms with Crippen LogP contribution < -0.4 is 10.1 Å². The summed E-state index contributed by atoms with van der Waals surface area (Å²) in [5.41, 5.74) is 1.34. The number of benzene rings is 1. The van der Waals surface area contributed by atoms with E-state index in [1.165, 1.54) is 4.90 Å². The molecule has 28 heavy (non-hydrogen) atoms. The van der Waals surface area contributed by atoms with Gasteiger partial charge in [0, 0.05) is 7.05 Å². The molecule has 0 atom stereocenters. The van der Waals surface area contributed by atoms with Gasteiger partial charge in [-0.25, -0.2) is 4.79 Å². The van der Waals surface area contributed by atoms with Crippen LogP contribution in [0.3, 0.4) is 0 Å². The molecule has 0 bridgehead atoms. The number of ether oxygens (including phenoxy) is 1. The van der Waals surface area contributed by atoms with Gasteiger partial charge in [0.15, 0.2) is 0 Å². The lowest BCUT2D eigenvalue weighted by molar-refractivity contribution is -0.137. The summed E-state index contributed by atoms with van der Waals surface area (Å²) in [6, 6.07) is 5.54. The highest BCUT2D eigenvalue weighted by molar-refractivity contribution is 6.08. The molecule has 2 aliphatic rings. The minimum atomic E-state index is -0.749. The Morgan fingerprint density at radius 1 is 1.14 bits per heavy atom. The topological polar surface area (TPSA) is 79.0 Å². The molecule has 0 radical (unpaired) electrons. The normalized spacial score (nSPS) is 18.7. The molecule has 7 nitrogen and oxygen atoms in total. The Hall–Kier alpha value is -2.57. The Kier molecular flexibility index (Phi) is 5.91. The van der Waals surface area contributed by atoms with E-state index in [0.29, 0.717) is 26.0 Å². The minimum absolute atomic E-state index is 0.235. The third kappa shape index (κ3) is 3.70. The number of likely N-dealkylation sites (N-methyl/N-ethyl adjacent to an activating group) is 1. The quantitative estimate of drug-likeness (QED) is 0.600. The largest absolute Gasteiger partial charge is 0.491 e. The highest BCUT2D eigenvalue weighted by Crippen LogP contribution is 2.39. The Morgan fingerprint density at radius 3 is 2.43 bits per heavy atom. The monoisotopic (exact) mass is 387 g/mol. The van der Waals surface area contributed by atoms with E-state index < -0.39 is 5.54 Å². The van der Waals surface area contributed by atoms with Crippen molar-refractivity contribution >= 4 is 17.8 Å². The molecular formula is C21H29N3O4. The van der Waals surface area contributed by atoms with E-state index in [9.17, 15) is 14.4 Å². The first-order chi connectivity index (χ1) is 13.4. The molecule has 4 amide bonds. The third-order valence-electron chi connectivity index (χ3n) is 5.86. The summed E-state index contributed by atoms with van der Waals surface area (Å²) in [5, 5.41) is 2.74. The maximum absolute atomic E-state index is 12.9. The summed E-state index contributed by atoms with van der Waals surface area (Å²) >= 11 is 0. The lowest BCUT2D eigenvalue weighted by Crippen LogP contribution is -2.49. The van der Waals surface area contributed by atoms with Gasteiger partial charge in [-0.2, -0.15) is 0 Å². The number of nitrogens with one attached hydrogen (secondary N) is 1. The van der Waals surface area contributed by atoms with Crippen LogP contribution in [0.4, 0.5) is 4.79 Å². The van der Waals surface area contributed by atoms with Crippen LogP contribution in [0, 0.1) is 13.8 Å². The van der Waals surface area contributed by atoms with E-state index in [2.05, 4.69) is 5.32 Å². The van der Waals surface area contributed by atoms with E-state index in [4.69, 9.17) is 4.74 Å². The van der Waals surface area contributed by atoms with E-state index in [-0.39, 0.29) is 24.4 Å². The first-order valence-corrected chi connectivity index (χ1v) is 9.92. The molecule has 3 rings (SSSR count). The lowest BCUT2D eigenvalue weighted by atomic mass is 9.81. The van der Waals surface area contributed by atoms with Crippen molar-refractivity contribution in [3.8, 4) is 5.75 Å². The van der Waals surface area contributed by atoms with Crippen LogP contribution in [0.15, 0.2) is 18.2 Å². The van der Waals surface area contributed by atoms with Crippen LogP contribution in [0.25, 0.3) is 0 Å². The first kappa shape index (κ1) is 20.2. The van der Waals surface area contributed by atoms with Crippen molar-refractivity contribution in [1.29, 1.82) is 0 Å². The molecule has 1 aromatic carbocycles. The second-order valence-corrected chi connectivity index (χ2v) is 7.74. The van der Waals surface area contributed by atoms with Gasteiger partial charge in [0.05, 0.1) is 6.54 Å². The van der Waals surface area contributed by atoms with Crippen LogP contribution in [-0.4, -0.2) is 59.9 Å². The van der Waals surface area contributed by atoms with Gasteiger partial charge >= 0.3 is 6.03 Å². The van der Waals surface area contributed by atoms with E-state index in [0.717, 1.165) is 41.0 Å². The smallest absolute Gasteiger partial charge is 0.327 e. The molecule has 1 aliphatic heterocycles. The number of carbonyl (C=O) groups excluding carboxylic acids is 3. The van der Waals surface area contributed by atoms with Gasteiger partial charge in [-0.05, 0) is 37.8 Å². The van der Waals surface area contributed by atoms with Crippen LogP contribution >= 0.6 is 0 Å². The number of imide groups is 1. The first-order valence-electron chi connectivity index (χ1n) is 9.92. The Labute approximate surface area is 166 Å². The number of carbonyl (C=O) groups is 3. The van der Waals surface area contributed by atoms with E-state index in [1.54, 1.807) is 7.05 Å². The molecule has 1 aromatic rings. The molecule has 152 valence electrons. The fraction of sp³-hybridized carbons (Fsp3) is 0.571. The van der Waals surface area contributed by atoms with Crippen LogP contribution in [0.2, 0.25) is 0 Å². The average molecular weight is 387 g/mol. The lowest BCUT2D eigenvalue weighted by Gasteiger charge is -2.35. The predicted octanol–water partition coefficient (Wildman–Crippen LogP) is 2.40. The zero-order valence-electron chi connectivity index (χ0n) is 16.9. The summed E-state index contributed by atoms with van der Waals surface area (Å²) < 4.78 is 5.77. The summed E-state index contributed by atoms with van der Waals surface area (Å²) in [5.74, 6) is 0.234. The predicted molar refractivity (Wildman–Crippen MR) is 105 cm³/mol. The number of hydrogen-bond donors (Lipinski definition) is 1. The van der Waals surface area contributed by atoms with Crippen LogP contribution in [0.1, 0.15) is 43.2 Å². The fourth-order valence-corrected chi connectivity index (χ4v) is 4.24. The molecule has 1 saturated heterocycles. The number of urea groups is 1. The van der Waals surface area contributed by atoms with Crippen molar-refractivity contribution in [2.75, 3.05) is 26.7 Å². The summed E-state index contributed by atoms with van der Waals surface area (Å²) in [4.78, 5) is 40.3. The van der Waals surface area contributed by atoms with Gasteiger partial charge in [0.25, 0.3) is 5.91 Å². The van der Waals surface area contributed by atoms with Crippen molar-refractivity contribution in [3.63, 3.8) is 0 Å². The Morgan fingerprint density at radius 2 is 1.79 bits per heavy atom. The minimum Gasteiger partial charge on any atom is -0.491 e. The number of rotatable bonds is 6. The van der Waals surface area contributed by atoms with Gasteiger partial charge < -0.3 is 15.0 Å². The molecule has 1 saturated carbocycles. The molecule has 1 heterocycles. The van der Waals surface area contributed by atoms with E-state index >= 15 is 0 Å². The molecular weight excluding hydrogens is 358 g/mol. The highest BCUT2D eigenvalue weighted by Gasteiger charge is 2.55. The zero-order chi connectivity index (χ0) is 20.3. The molecule has 0 aromatic heterocycles. The van der Waals surface area contributed by atoms with Crippen molar-refractivity contribution in [2.45, 2.75) is 51.5 Å². The molecule has 1 N–H and O–H groups in total. The van der Waals surface area contributed by atoms with Gasteiger partial charge in [-0.3, -0.25) is 14.5 Å². The molecule has 0 unspecified atom stereocenters. The summed E-state index contributed by atoms with van der Waals surface area (Å²) in [6.45, 7) is 4.34. The number of hydrogen-bond acceptors (Lipinski definition) is 4. The Bertz CT molecular complexity index is 751. The third-order valence-corrected chi connectivity index (χ3v) is 5.86. The van der Waals surface area contributed by atoms with E-state index in [1.807, 2.05) is 32.0 Å². The Balaban J connectivity index is 1.51. The summed E-state index contributed by atoms with van der Waals surface area (Å²) in [7, 11) is 1.67. The maximum Gasteiger partial charge on any atom is 0.327 e. The van der Waals surface area contributed by atoms with Gasteiger partial charge in [-0.15, -0.1) is 0 Å². The van der Waals surface area contributed by atoms with Gasteiger partial charge in [-0.1, -0.05) is 37.5 Å². The average Bonchev–Trinajstić information content (AvgIpc) is 2.84. The zero-order valence-corrected chi connectivity index (χ0v) is 16.9. The molecule has 1 aliphatic carbocycles. The van der Waals surface area contributed by atoms with Crippen molar-refractivity contribution < 1.29 is 19.1 Å². The second-order valence-electron chi connectivity index (χ2n) is 7.74. The molecule has 2 fully saturated rings. The molecule has 1 spiro atoms. The van der Waals surface area contributed by atoms with Gasteiger partial charge in [0.1, 0.15) is 24.4 Å². The number of para-hydroxylation sites is 1. The van der Waals surface area contributed by atoms with Crippen molar-refractivity contribution in [1.82, 2.24) is 15.1 Å². The highest BCUT2D eigenvalue weighted by atomic mass is 16.5. The number of amides is 4. The van der Waals surface area contributed by atoms with Crippen molar-refractivity contribution in [3.05, 3.63) is 29.3 Å². The fourth-order valence-electron chi connectivity index (χ4n) is 4.24. The molecule has 7 heteroatoms. The van der Waals surface area contributed by atoms with Crippen LogP contribution in [0.5, 0.6) is 5.75 Å². The summed E-state index contributed by atoms with van der Waals surface area (Å²) in [6.07, 6.45) is 4.29. The standard InChI is InChI=1S/C21H29N3O4/c1-15-8-7-9-16(2)18(15)28-13-12-22-17(25)14-24-19(26)21(23(3)20(24)27)10-5-4-6-11-21/h7-9H,4-6,10-14H2,1-3H3,(H,22,25). The SMILES string of the molecule is Cc1cccc(C)c1OCCNC(=O)CN1C(=O)N(C)C2(CCCCC2)C1=O.